The lowest BCUT2D eigenvalue weighted by Gasteiger charge is -2.21. The minimum atomic E-state index is -0.970. The van der Waals surface area contributed by atoms with Gasteiger partial charge in [0.05, 0.1) is 6.04 Å². The van der Waals surface area contributed by atoms with Gasteiger partial charge in [-0.15, -0.1) is 0 Å². The van der Waals surface area contributed by atoms with Gasteiger partial charge in [-0.3, -0.25) is 9.48 Å². The summed E-state index contributed by atoms with van der Waals surface area (Å²) in [5.41, 5.74) is 5.94. The van der Waals surface area contributed by atoms with Crippen LogP contribution in [0.1, 0.15) is 48.5 Å². The number of nitrogens with two attached hydrogens (primary N) is 1. The zero-order valence-electron chi connectivity index (χ0n) is 12.6. The number of nitrogens with zero attached hydrogens (tertiary/aromatic N) is 2. The van der Waals surface area contributed by atoms with Gasteiger partial charge in [-0.25, -0.2) is 8.78 Å². The van der Waals surface area contributed by atoms with Crippen LogP contribution in [0.3, 0.4) is 0 Å². The third-order valence-electron chi connectivity index (χ3n) is 4.13. The quantitative estimate of drug-likeness (QED) is 0.905. The van der Waals surface area contributed by atoms with Crippen LogP contribution in [0.15, 0.2) is 24.4 Å². The SMILES string of the molecule is NC(=O)c1cn(C2CCCCC2)nc1Nc1ccc(F)c(F)c1. The Morgan fingerprint density at radius 3 is 2.61 bits per heavy atom. The summed E-state index contributed by atoms with van der Waals surface area (Å²) in [6.45, 7) is 0. The van der Waals surface area contributed by atoms with Gasteiger partial charge in [0, 0.05) is 18.0 Å². The first-order valence-corrected chi connectivity index (χ1v) is 7.65. The van der Waals surface area contributed by atoms with Gasteiger partial charge in [0.15, 0.2) is 17.5 Å². The summed E-state index contributed by atoms with van der Waals surface area (Å²) in [7, 11) is 0. The van der Waals surface area contributed by atoms with Gasteiger partial charge in [0.25, 0.3) is 5.91 Å². The second kappa shape index (κ2) is 6.36. The minimum absolute atomic E-state index is 0.236. The van der Waals surface area contributed by atoms with E-state index in [1.807, 2.05) is 0 Å². The summed E-state index contributed by atoms with van der Waals surface area (Å²) in [6, 6.07) is 3.64. The van der Waals surface area contributed by atoms with E-state index in [0.29, 0.717) is 5.69 Å². The molecule has 0 atom stereocenters. The van der Waals surface area contributed by atoms with Crippen molar-refractivity contribution < 1.29 is 13.6 Å². The van der Waals surface area contributed by atoms with Gasteiger partial charge >= 0.3 is 0 Å². The van der Waals surface area contributed by atoms with Crippen LogP contribution in [0, 0.1) is 11.6 Å². The molecule has 0 spiro atoms. The molecule has 0 radical (unpaired) electrons. The van der Waals surface area contributed by atoms with Crippen molar-refractivity contribution in [1.29, 1.82) is 0 Å². The first-order chi connectivity index (χ1) is 11.0. The van der Waals surface area contributed by atoms with Gasteiger partial charge in [0.1, 0.15) is 5.56 Å². The molecule has 7 heteroatoms. The third-order valence-corrected chi connectivity index (χ3v) is 4.13. The molecule has 122 valence electrons. The smallest absolute Gasteiger partial charge is 0.254 e. The number of primary amides is 1. The lowest BCUT2D eigenvalue weighted by Crippen LogP contribution is -2.14. The topological polar surface area (TPSA) is 72.9 Å². The summed E-state index contributed by atoms with van der Waals surface area (Å²) in [5, 5.41) is 7.23. The van der Waals surface area contributed by atoms with Crippen LogP contribution < -0.4 is 11.1 Å². The lowest BCUT2D eigenvalue weighted by atomic mass is 9.96. The van der Waals surface area contributed by atoms with E-state index in [1.165, 1.54) is 12.5 Å². The van der Waals surface area contributed by atoms with Crippen molar-refractivity contribution in [2.24, 2.45) is 5.73 Å². The monoisotopic (exact) mass is 320 g/mol. The Labute approximate surface area is 132 Å². The van der Waals surface area contributed by atoms with Crippen LogP contribution in [-0.4, -0.2) is 15.7 Å². The van der Waals surface area contributed by atoms with Crippen molar-refractivity contribution in [3.05, 3.63) is 41.6 Å². The summed E-state index contributed by atoms with van der Waals surface area (Å²) in [4.78, 5) is 11.6. The Bertz CT molecular complexity index is 723. The fraction of sp³-hybridized carbons (Fsp3) is 0.375. The number of aromatic nitrogens is 2. The maximum absolute atomic E-state index is 13.3. The number of carbonyl (C=O) groups is 1. The predicted octanol–water partition coefficient (Wildman–Crippen LogP) is 3.51. The van der Waals surface area contributed by atoms with Crippen molar-refractivity contribution in [2.45, 2.75) is 38.1 Å². The lowest BCUT2D eigenvalue weighted by molar-refractivity contribution is 0.100. The van der Waals surface area contributed by atoms with Crippen molar-refractivity contribution >= 4 is 17.4 Å². The minimum Gasteiger partial charge on any atom is -0.365 e. The van der Waals surface area contributed by atoms with Crippen LogP contribution in [0.5, 0.6) is 0 Å². The second-order valence-electron chi connectivity index (χ2n) is 5.78. The van der Waals surface area contributed by atoms with Crippen molar-refractivity contribution in [3.63, 3.8) is 0 Å². The highest BCUT2D eigenvalue weighted by Gasteiger charge is 2.21. The first kappa shape index (κ1) is 15.5. The standard InChI is InChI=1S/C16H18F2N4O/c17-13-7-6-10(8-14(13)18)20-16-12(15(19)23)9-22(21-16)11-4-2-1-3-5-11/h6-9,11H,1-5H2,(H2,19,23)(H,20,21). The highest BCUT2D eigenvalue weighted by molar-refractivity contribution is 5.98. The number of halogens is 2. The molecule has 0 aliphatic heterocycles. The molecule has 5 nitrogen and oxygen atoms in total. The molecule has 23 heavy (non-hydrogen) atoms. The van der Waals surface area contributed by atoms with E-state index in [1.54, 1.807) is 10.9 Å². The predicted molar refractivity (Wildman–Crippen MR) is 82.5 cm³/mol. The zero-order valence-corrected chi connectivity index (χ0v) is 12.6. The molecule has 0 bridgehead atoms. The second-order valence-corrected chi connectivity index (χ2v) is 5.78. The van der Waals surface area contributed by atoms with Crippen LogP contribution in [0.25, 0.3) is 0 Å². The zero-order chi connectivity index (χ0) is 16.4. The number of anilines is 2. The Morgan fingerprint density at radius 1 is 1.22 bits per heavy atom. The molecule has 1 fully saturated rings. The highest BCUT2D eigenvalue weighted by atomic mass is 19.2. The third kappa shape index (κ3) is 3.33. The number of nitrogens with one attached hydrogen (secondary N) is 1. The molecule has 1 aliphatic carbocycles. The fourth-order valence-electron chi connectivity index (χ4n) is 2.91. The van der Waals surface area contributed by atoms with E-state index in [2.05, 4.69) is 10.4 Å². The Balaban J connectivity index is 1.88. The maximum atomic E-state index is 13.3. The molecule has 0 saturated heterocycles. The van der Waals surface area contributed by atoms with E-state index in [0.717, 1.165) is 37.8 Å². The molecule has 3 N–H and O–H groups in total. The van der Waals surface area contributed by atoms with E-state index < -0.39 is 17.5 Å². The maximum Gasteiger partial charge on any atom is 0.254 e. The number of amides is 1. The summed E-state index contributed by atoms with van der Waals surface area (Å²) in [5.74, 6) is -2.26. The van der Waals surface area contributed by atoms with Crippen LogP contribution in [0.4, 0.5) is 20.3 Å². The molecule has 0 unspecified atom stereocenters. The summed E-state index contributed by atoms with van der Waals surface area (Å²) >= 11 is 0. The van der Waals surface area contributed by atoms with Crippen molar-refractivity contribution in [1.82, 2.24) is 9.78 Å². The molecule has 1 aromatic heterocycles. The molecule has 3 rings (SSSR count). The van der Waals surface area contributed by atoms with E-state index >= 15 is 0 Å². The molecule has 2 aromatic rings. The highest BCUT2D eigenvalue weighted by Crippen LogP contribution is 2.30. The Kier molecular flexibility index (Phi) is 4.27. The van der Waals surface area contributed by atoms with Crippen molar-refractivity contribution in [3.8, 4) is 0 Å². The Hall–Kier alpha value is -2.44. The first-order valence-electron chi connectivity index (χ1n) is 7.65. The van der Waals surface area contributed by atoms with Gasteiger partial charge in [-0.2, -0.15) is 5.10 Å². The number of benzene rings is 1. The van der Waals surface area contributed by atoms with E-state index in [9.17, 15) is 13.6 Å². The van der Waals surface area contributed by atoms with Gasteiger partial charge in [0.2, 0.25) is 0 Å². The largest absolute Gasteiger partial charge is 0.365 e. The number of rotatable bonds is 4. The molecule has 1 aromatic carbocycles. The van der Waals surface area contributed by atoms with Gasteiger partial charge in [-0.1, -0.05) is 19.3 Å². The molecular formula is C16H18F2N4O. The number of carbonyl (C=O) groups excluding carboxylic acids is 1. The van der Waals surface area contributed by atoms with E-state index in [4.69, 9.17) is 5.73 Å². The fourth-order valence-corrected chi connectivity index (χ4v) is 2.91. The summed E-state index contributed by atoms with van der Waals surface area (Å²) < 4.78 is 28.1. The van der Waals surface area contributed by atoms with Crippen LogP contribution in [-0.2, 0) is 0 Å². The molecular weight excluding hydrogens is 302 g/mol. The Morgan fingerprint density at radius 2 is 1.96 bits per heavy atom. The molecule has 1 saturated carbocycles. The number of hydrogen-bond acceptors (Lipinski definition) is 3. The molecule has 1 heterocycles. The van der Waals surface area contributed by atoms with Gasteiger partial charge in [-0.05, 0) is 25.0 Å². The average Bonchev–Trinajstić information content (AvgIpc) is 2.96. The van der Waals surface area contributed by atoms with Crippen molar-refractivity contribution in [2.75, 3.05) is 5.32 Å². The van der Waals surface area contributed by atoms with E-state index in [-0.39, 0.29) is 17.4 Å². The van der Waals surface area contributed by atoms with Crippen LogP contribution in [0.2, 0.25) is 0 Å². The summed E-state index contributed by atoms with van der Waals surface area (Å²) in [6.07, 6.45) is 7.10. The normalized spacial score (nSPS) is 15.6. The van der Waals surface area contributed by atoms with Gasteiger partial charge < -0.3 is 11.1 Å². The average molecular weight is 320 g/mol. The molecule has 1 aliphatic rings. The van der Waals surface area contributed by atoms with Crippen LogP contribution >= 0.6 is 0 Å². The molecule has 1 amide bonds. The number of hydrogen-bond donors (Lipinski definition) is 2.